The number of nitrogens with zero attached hydrogens (tertiary/aromatic N) is 2. The van der Waals surface area contributed by atoms with Gasteiger partial charge in [-0.2, -0.15) is 0 Å². The summed E-state index contributed by atoms with van der Waals surface area (Å²) in [4.78, 5) is 8.60. The lowest BCUT2D eigenvalue weighted by molar-refractivity contribution is 0.986. The van der Waals surface area contributed by atoms with E-state index in [2.05, 4.69) is 34.3 Å². The highest BCUT2D eigenvalue weighted by Crippen LogP contribution is 2.10. The van der Waals surface area contributed by atoms with Gasteiger partial charge in [0, 0.05) is 18.9 Å². The van der Waals surface area contributed by atoms with Crippen LogP contribution >= 0.6 is 12.2 Å². The van der Waals surface area contributed by atoms with Gasteiger partial charge in [-0.1, -0.05) is 36.5 Å². The maximum absolute atomic E-state index is 5.61. The SMILES string of the molecule is Cc1ccccc1CCNc1nccnc1C(N)=S. The standard InChI is InChI=1S/C14H16N4S/c1-10-4-2-3-5-11(10)6-7-17-14-12(13(15)19)16-8-9-18-14/h2-5,8-9H,6-7H2,1H3,(H2,15,19)(H,17,18). The molecule has 1 aromatic heterocycles. The summed E-state index contributed by atoms with van der Waals surface area (Å²) in [5.74, 6) is 0.642. The Morgan fingerprint density at radius 2 is 2.00 bits per heavy atom. The number of hydrogen-bond acceptors (Lipinski definition) is 4. The fourth-order valence-corrected chi connectivity index (χ4v) is 2.00. The molecule has 0 radical (unpaired) electrons. The number of rotatable bonds is 5. The second-order valence-electron chi connectivity index (χ2n) is 4.22. The van der Waals surface area contributed by atoms with E-state index in [0.717, 1.165) is 13.0 Å². The molecule has 0 saturated carbocycles. The van der Waals surface area contributed by atoms with Crippen molar-refractivity contribution in [3.05, 3.63) is 53.5 Å². The lowest BCUT2D eigenvalue weighted by atomic mass is 10.1. The van der Waals surface area contributed by atoms with E-state index in [1.54, 1.807) is 12.4 Å². The Kier molecular flexibility index (Phi) is 4.41. The van der Waals surface area contributed by atoms with Crippen molar-refractivity contribution in [3.63, 3.8) is 0 Å². The van der Waals surface area contributed by atoms with Crippen LogP contribution in [0.1, 0.15) is 16.8 Å². The average molecular weight is 272 g/mol. The molecule has 19 heavy (non-hydrogen) atoms. The van der Waals surface area contributed by atoms with Crippen molar-refractivity contribution in [2.24, 2.45) is 5.73 Å². The minimum Gasteiger partial charge on any atom is -0.388 e. The zero-order valence-corrected chi connectivity index (χ0v) is 11.6. The summed E-state index contributed by atoms with van der Waals surface area (Å²) in [5.41, 5.74) is 8.76. The Labute approximate surface area is 118 Å². The number of benzene rings is 1. The molecule has 1 heterocycles. The largest absolute Gasteiger partial charge is 0.388 e. The first-order valence-electron chi connectivity index (χ1n) is 6.07. The highest BCUT2D eigenvalue weighted by Gasteiger charge is 2.07. The van der Waals surface area contributed by atoms with Crippen LogP contribution in [0.25, 0.3) is 0 Å². The normalized spacial score (nSPS) is 10.2. The Bertz CT molecular complexity index is 583. The van der Waals surface area contributed by atoms with Gasteiger partial charge in [0.1, 0.15) is 10.7 Å². The van der Waals surface area contributed by atoms with E-state index in [9.17, 15) is 0 Å². The first-order chi connectivity index (χ1) is 9.18. The average Bonchev–Trinajstić information content (AvgIpc) is 2.41. The van der Waals surface area contributed by atoms with Crippen LogP contribution in [-0.2, 0) is 6.42 Å². The van der Waals surface area contributed by atoms with Gasteiger partial charge in [0.15, 0.2) is 5.82 Å². The van der Waals surface area contributed by atoms with Crippen molar-refractivity contribution in [2.45, 2.75) is 13.3 Å². The van der Waals surface area contributed by atoms with E-state index in [1.807, 2.05) is 12.1 Å². The first-order valence-corrected chi connectivity index (χ1v) is 6.48. The maximum atomic E-state index is 5.61. The number of hydrogen-bond donors (Lipinski definition) is 2. The molecule has 2 rings (SSSR count). The Morgan fingerprint density at radius 1 is 1.26 bits per heavy atom. The van der Waals surface area contributed by atoms with Gasteiger partial charge in [-0.3, -0.25) is 0 Å². The van der Waals surface area contributed by atoms with Gasteiger partial charge < -0.3 is 11.1 Å². The van der Waals surface area contributed by atoms with Crippen molar-refractivity contribution in [1.82, 2.24) is 9.97 Å². The lowest BCUT2D eigenvalue weighted by Gasteiger charge is -2.10. The molecule has 0 atom stereocenters. The van der Waals surface area contributed by atoms with E-state index in [0.29, 0.717) is 11.5 Å². The summed E-state index contributed by atoms with van der Waals surface area (Å²) in [5, 5.41) is 3.23. The number of aromatic nitrogens is 2. The molecule has 1 aromatic carbocycles. The summed E-state index contributed by atoms with van der Waals surface area (Å²) in [6.07, 6.45) is 4.12. The maximum Gasteiger partial charge on any atom is 0.155 e. The minimum absolute atomic E-state index is 0.256. The zero-order chi connectivity index (χ0) is 13.7. The molecule has 2 aromatic rings. The molecule has 0 aliphatic rings. The van der Waals surface area contributed by atoms with Crippen molar-refractivity contribution in [1.29, 1.82) is 0 Å². The van der Waals surface area contributed by atoms with E-state index in [-0.39, 0.29) is 4.99 Å². The number of nitrogens with two attached hydrogens (primary N) is 1. The van der Waals surface area contributed by atoms with Crippen molar-refractivity contribution in [3.8, 4) is 0 Å². The van der Waals surface area contributed by atoms with Gasteiger partial charge >= 0.3 is 0 Å². The summed E-state index contributed by atoms with van der Waals surface area (Å²) in [7, 11) is 0. The minimum atomic E-state index is 0.256. The van der Waals surface area contributed by atoms with Gasteiger partial charge in [0.2, 0.25) is 0 Å². The molecule has 0 aliphatic carbocycles. The number of aryl methyl sites for hydroxylation is 1. The molecule has 0 bridgehead atoms. The van der Waals surface area contributed by atoms with Crippen LogP contribution < -0.4 is 11.1 Å². The molecule has 0 aliphatic heterocycles. The number of nitrogens with one attached hydrogen (secondary N) is 1. The van der Waals surface area contributed by atoms with Crippen molar-refractivity contribution in [2.75, 3.05) is 11.9 Å². The van der Waals surface area contributed by atoms with Crippen LogP contribution in [0, 0.1) is 6.92 Å². The van der Waals surface area contributed by atoms with Gasteiger partial charge in [-0.15, -0.1) is 0 Å². The smallest absolute Gasteiger partial charge is 0.155 e. The zero-order valence-electron chi connectivity index (χ0n) is 10.8. The second kappa shape index (κ2) is 6.24. The first kappa shape index (κ1) is 13.4. The topological polar surface area (TPSA) is 63.8 Å². The van der Waals surface area contributed by atoms with Gasteiger partial charge in [0.05, 0.1) is 0 Å². The molecule has 5 heteroatoms. The molecular formula is C14H16N4S. The molecule has 3 N–H and O–H groups in total. The van der Waals surface area contributed by atoms with E-state index >= 15 is 0 Å². The quantitative estimate of drug-likeness (QED) is 0.816. The molecule has 98 valence electrons. The monoisotopic (exact) mass is 272 g/mol. The highest BCUT2D eigenvalue weighted by molar-refractivity contribution is 7.80. The number of anilines is 1. The fraction of sp³-hybridized carbons (Fsp3) is 0.214. The van der Waals surface area contributed by atoms with E-state index in [4.69, 9.17) is 18.0 Å². The second-order valence-corrected chi connectivity index (χ2v) is 4.66. The lowest BCUT2D eigenvalue weighted by Crippen LogP contribution is -2.17. The van der Waals surface area contributed by atoms with Crippen molar-refractivity contribution < 1.29 is 0 Å². The molecule has 0 amide bonds. The van der Waals surface area contributed by atoms with Crippen LogP contribution in [0.3, 0.4) is 0 Å². The van der Waals surface area contributed by atoms with Crippen molar-refractivity contribution >= 4 is 23.0 Å². The molecule has 0 saturated heterocycles. The highest BCUT2D eigenvalue weighted by atomic mass is 32.1. The van der Waals surface area contributed by atoms with Crippen LogP contribution in [0.15, 0.2) is 36.7 Å². The molecular weight excluding hydrogens is 256 g/mol. The Morgan fingerprint density at radius 3 is 2.74 bits per heavy atom. The predicted molar refractivity (Wildman–Crippen MR) is 81.3 cm³/mol. The summed E-state index contributed by atoms with van der Waals surface area (Å²) < 4.78 is 0. The summed E-state index contributed by atoms with van der Waals surface area (Å²) in [6, 6.07) is 8.32. The van der Waals surface area contributed by atoms with Gasteiger partial charge in [-0.05, 0) is 24.5 Å². The fourth-order valence-electron chi connectivity index (χ4n) is 1.85. The van der Waals surface area contributed by atoms with Gasteiger partial charge in [-0.25, -0.2) is 9.97 Å². The van der Waals surface area contributed by atoms with E-state index in [1.165, 1.54) is 11.1 Å². The van der Waals surface area contributed by atoms with Crippen LogP contribution in [0.4, 0.5) is 5.82 Å². The molecule has 0 unspecified atom stereocenters. The Hall–Kier alpha value is -2.01. The van der Waals surface area contributed by atoms with E-state index < -0.39 is 0 Å². The molecule has 0 spiro atoms. The van der Waals surface area contributed by atoms with Crippen LogP contribution in [0.2, 0.25) is 0 Å². The number of thiocarbonyl (C=S) groups is 1. The summed E-state index contributed by atoms with van der Waals surface area (Å²) >= 11 is 4.95. The third kappa shape index (κ3) is 3.48. The third-order valence-corrected chi connectivity index (χ3v) is 3.07. The van der Waals surface area contributed by atoms with Gasteiger partial charge in [0.25, 0.3) is 0 Å². The Balaban J connectivity index is 2.00. The van der Waals surface area contributed by atoms with Crippen LogP contribution in [0.5, 0.6) is 0 Å². The summed E-state index contributed by atoms with van der Waals surface area (Å²) in [6.45, 7) is 2.87. The predicted octanol–water partition coefficient (Wildman–Crippen LogP) is 2.07. The molecule has 4 nitrogen and oxygen atoms in total. The van der Waals surface area contributed by atoms with Crippen LogP contribution in [-0.4, -0.2) is 21.5 Å². The third-order valence-electron chi connectivity index (χ3n) is 2.88. The molecule has 0 fully saturated rings.